The third kappa shape index (κ3) is 5.92. The summed E-state index contributed by atoms with van der Waals surface area (Å²) in [6, 6.07) is 10.0. The van der Waals surface area contributed by atoms with Gasteiger partial charge in [0.15, 0.2) is 0 Å². The van der Waals surface area contributed by atoms with Gasteiger partial charge in [-0.2, -0.15) is 18.3 Å². The number of carboxylic acids is 1. The molecule has 3 aromatic rings. The first kappa shape index (κ1) is 24.3. The SMILES string of the molecule is CC1Cc2c(c(-c3ccc(F)cc3)nn2Cc2ccc(F)cc2F)CN1.O=C(O)C(F)(F)F. The molecule has 1 aliphatic heterocycles. The van der Waals surface area contributed by atoms with Crippen LogP contribution in [0.5, 0.6) is 0 Å². The van der Waals surface area contributed by atoms with Crippen molar-refractivity contribution in [3.8, 4) is 11.3 Å². The van der Waals surface area contributed by atoms with Crippen LogP contribution in [0.3, 0.4) is 0 Å². The number of hydrogen-bond donors (Lipinski definition) is 2. The number of carboxylic acid groups (broad SMARTS) is 1. The molecule has 176 valence electrons. The minimum Gasteiger partial charge on any atom is -0.475 e. The van der Waals surface area contributed by atoms with Crippen molar-refractivity contribution in [2.75, 3.05) is 0 Å². The predicted molar refractivity (Wildman–Crippen MR) is 107 cm³/mol. The molecule has 0 spiro atoms. The minimum absolute atomic E-state index is 0.225. The summed E-state index contributed by atoms with van der Waals surface area (Å²) in [5, 5.41) is 15.2. The van der Waals surface area contributed by atoms with E-state index in [1.54, 1.807) is 16.8 Å². The molecule has 0 amide bonds. The molecule has 1 atom stereocenters. The maximum Gasteiger partial charge on any atom is 0.490 e. The van der Waals surface area contributed by atoms with Crippen molar-refractivity contribution < 1.29 is 36.2 Å². The molecule has 2 aromatic carbocycles. The van der Waals surface area contributed by atoms with Crippen molar-refractivity contribution in [2.45, 2.75) is 38.7 Å². The summed E-state index contributed by atoms with van der Waals surface area (Å²) in [6.45, 7) is 2.95. The average Bonchev–Trinajstić information content (AvgIpc) is 3.08. The van der Waals surface area contributed by atoms with Gasteiger partial charge in [0, 0.05) is 47.5 Å². The van der Waals surface area contributed by atoms with E-state index in [0.29, 0.717) is 12.1 Å². The van der Waals surface area contributed by atoms with E-state index in [0.717, 1.165) is 35.0 Å². The molecule has 1 aromatic heterocycles. The van der Waals surface area contributed by atoms with E-state index in [1.165, 1.54) is 24.3 Å². The zero-order chi connectivity index (χ0) is 24.3. The highest BCUT2D eigenvalue weighted by Gasteiger charge is 2.38. The first-order chi connectivity index (χ1) is 15.5. The van der Waals surface area contributed by atoms with Gasteiger partial charge in [-0.15, -0.1) is 0 Å². The van der Waals surface area contributed by atoms with E-state index < -0.39 is 23.8 Å². The zero-order valence-corrected chi connectivity index (χ0v) is 17.3. The van der Waals surface area contributed by atoms with Crippen LogP contribution in [0.1, 0.15) is 23.7 Å². The Morgan fingerprint density at radius 2 is 1.73 bits per heavy atom. The molecule has 1 unspecified atom stereocenters. The van der Waals surface area contributed by atoms with Gasteiger partial charge in [-0.05, 0) is 37.3 Å². The molecular weight excluding hydrogens is 452 g/mol. The van der Waals surface area contributed by atoms with Gasteiger partial charge in [0.05, 0.1) is 12.2 Å². The number of rotatable bonds is 3. The first-order valence-corrected chi connectivity index (χ1v) is 9.77. The fourth-order valence-corrected chi connectivity index (χ4v) is 3.37. The number of alkyl halides is 3. The largest absolute Gasteiger partial charge is 0.490 e. The average molecular weight is 471 g/mol. The molecule has 11 heteroatoms. The highest BCUT2D eigenvalue weighted by atomic mass is 19.4. The van der Waals surface area contributed by atoms with Gasteiger partial charge in [0.2, 0.25) is 0 Å². The fraction of sp³-hybridized carbons (Fsp3) is 0.273. The molecule has 4 rings (SSSR count). The van der Waals surface area contributed by atoms with E-state index in [2.05, 4.69) is 17.3 Å². The Morgan fingerprint density at radius 1 is 1.12 bits per heavy atom. The quantitative estimate of drug-likeness (QED) is 0.545. The second kappa shape index (κ2) is 9.65. The molecule has 0 radical (unpaired) electrons. The number of aromatic nitrogens is 2. The van der Waals surface area contributed by atoms with Crippen LogP contribution in [0.15, 0.2) is 42.5 Å². The highest BCUT2D eigenvalue weighted by Crippen LogP contribution is 2.30. The summed E-state index contributed by atoms with van der Waals surface area (Å²) in [4.78, 5) is 8.90. The first-order valence-electron chi connectivity index (χ1n) is 9.77. The summed E-state index contributed by atoms with van der Waals surface area (Å²) in [6.07, 6.45) is -4.33. The van der Waals surface area contributed by atoms with Gasteiger partial charge in [-0.1, -0.05) is 6.07 Å². The molecule has 2 N–H and O–H groups in total. The third-order valence-corrected chi connectivity index (χ3v) is 4.99. The Kier molecular flexibility index (Phi) is 7.11. The van der Waals surface area contributed by atoms with Crippen LogP contribution >= 0.6 is 0 Å². The van der Waals surface area contributed by atoms with Gasteiger partial charge >= 0.3 is 12.1 Å². The molecule has 33 heavy (non-hydrogen) atoms. The van der Waals surface area contributed by atoms with Crippen LogP contribution < -0.4 is 5.32 Å². The number of benzene rings is 2. The van der Waals surface area contributed by atoms with Crippen LogP contribution in [0.4, 0.5) is 26.3 Å². The van der Waals surface area contributed by atoms with Gasteiger partial charge < -0.3 is 10.4 Å². The van der Waals surface area contributed by atoms with Crippen LogP contribution in [0, 0.1) is 17.5 Å². The van der Waals surface area contributed by atoms with E-state index >= 15 is 0 Å². The van der Waals surface area contributed by atoms with Crippen molar-refractivity contribution in [3.63, 3.8) is 0 Å². The second-order valence-corrected chi connectivity index (χ2v) is 7.46. The summed E-state index contributed by atoms with van der Waals surface area (Å²) < 4.78 is 74.0. The topological polar surface area (TPSA) is 67.2 Å². The number of halogens is 6. The number of nitrogens with one attached hydrogen (secondary N) is 1. The van der Waals surface area contributed by atoms with E-state index in [-0.39, 0.29) is 18.4 Å². The summed E-state index contributed by atoms with van der Waals surface area (Å²) >= 11 is 0. The molecule has 0 aliphatic carbocycles. The lowest BCUT2D eigenvalue weighted by atomic mass is 9.98. The van der Waals surface area contributed by atoms with Crippen molar-refractivity contribution in [2.24, 2.45) is 0 Å². The normalized spacial score (nSPS) is 15.4. The van der Waals surface area contributed by atoms with E-state index in [9.17, 15) is 26.3 Å². The monoisotopic (exact) mass is 471 g/mol. The lowest BCUT2D eigenvalue weighted by Gasteiger charge is -2.22. The number of carbonyl (C=O) groups is 1. The lowest BCUT2D eigenvalue weighted by Crippen LogP contribution is -2.33. The molecule has 0 saturated carbocycles. The maximum atomic E-state index is 14.1. The third-order valence-electron chi connectivity index (χ3n) is 4.99. The van der Waals surface area contributed by atoms with Crippen molar-refractivity contribution in [1.82, 2.24) is 15.1 Å². The molecule has 0 saturated heterocycles. The van der Waals surface area contributed by atoms with E-state index in [4.69, 9.17) is 9.90 Å². The molecule has 5 nitrogen and oxygen atoms in total. The van der Waals surface area contributed by atoms with Crippen molar-refractivity contribution in [3.05, 3.63) is 76.7 Å². The molecular formula is C22H19F6N3O2. The standard InChI is InChI=1S/C20H18F3N3.C2HF3O2/c1-12-8-19-17(10-24-12)20(13-2-5-15(21)6-3-13)25-26(19)11-14-4-7-16(22)9-18(14)23;3-2(4,5)1(6)7/h2-7,9,12,24H,8,10-11H2,1H3;(H,6,7). The second-order valence-electron chi connectivity index (χ2n) is 7.46. The zero-order valence-electron chi connectivity index (χ0n) is 17.3. The number of fused-ring (bicyclic) bond motifs is 1. The molecule has 2 heterocycles. The lowest BCUT2D eigenvalue weighted by molar-refractivity contribution is -0.192. The summed E-state index contributed by atoms with van der Waals surface area (Å²) in [7, 11) is 0. The predicted octanol–water partition coefficient (Wildman–Crippen LogP) is 4.68. The smallest absolute Gasteiger partial charge is 0.475 e. The number of nitrogens with zero attached hydrogens (tertiary/aromatic N) is 2. The minimum atomic E-state index is -5.08. The Hall–Kier alpha value is -3.34. The fourth-order valence-electron chi connectivity index (χ4n) is 3.37. The van der Waals surface area contributed by atoms with Crippen molar-refractivity contribution in [1.29, 1.82) is 0 Å². The van der Waals surface area contributed by atoms with Crippen LogP contribution in [-0.4, -0.2) is 33.1 Å². The van der Waals surface area contributed by atoms with Gasteiger partial charge in [0.1, 0.15) is 17.5 Å². The molecule has 0 fully saturated rings. The van der Waals surface area contributed by atoms with Gasteiger partial charge in [-0.3, -0.25) is 4.68 Å². The Labute approximate surface area is 184 Å². The van der Waals surface area contributed by atoms with Crippen LogP contribution in [0.2, 0.25) is 0 Å². The molecule has 1 aliphatic rings. The Morgan fingerprint density at radius 3 is 2.30 bits per heavy atom. The number of hydrogen-bond acceptors (Lipinski definition) is 3. The molecule has 0 bridgehead atoms. The Balaban J connectivity index is 0.000000383. The van der Waals surface area contributed by atoms with Crippen LogP contribution in [-0.2, 0) is 24.3 Å². The number of aliphatic carboxylic acids is 1. The Bertz CT molecular complexity index is 1140. The maximum absolute atomic E-state index is 14.1. The van der Waals surface area contributed by atoms with E-state index in [1.807, 2.05) is 0 Å². The highest BCUT2D eigenvalue weighted by molar-refractivity contribution is 5.73. The van der Waals surface area contributed by atoms with Gasteiger partial charge in [0.25, 0.3) is 0 Å². The summed E-state index contributed by atoms with van der Waals surface area (Å²) in [5.74, 6) is -4.24. The summed E-state index contributed by atoms with van der Waals surface area (Å²) in [5.41, 5.74) is 4.03. The van der Waals surface area contributed by atoms with Gasteiger partial charge in [-0.25, -0.2) is 18.0 Å². The van der Waals surface area contributed by atoms with Crippen molar-refractivity contribution >= 4 is 5.97 Å². The van der Waals surface area contributed by atoms with Crippen LogP contribution in [0.25, 0.3) is 11.3 Å².